The van der Waals surface area contributed by atoms with Crippen LogP contribution >= 0.6 is 11.8 Å². The molecule has 0 atom stereocenters. The zero-order valence-corrected chi connectivity index (χ0v) is 17.4. The van der Waals surface area contributed by atoms with E-state index in [1.165, 1.54) is 0 Å². The van der Waals surface area contributed by atoms with Crippen molar-refractivity contribution in [3.05, 3.63) is 42.1 Å². The molecule has 1 saturated carbocycles. The molecule has 2 aliphatic rings. The van der Waals surface area contributed by atoms with Gasteiger partial charge >= 0.3 is 5.97 Å². The maximum Gasteiger partial charge on any atom is 0.325 e. The summed E-state index contributed by atoms with van der Waals surface area (Å²) >= 11 is 1.13. The first-order valence-corrected chi connectivity index (χ1v) is 10.8. The van der Waals surface area contributed by atoms with Crippen molar-refractivity contribution in [1.29, 1.82) is 0 Å². The fourth-order valence-corrected chi connectivity index (χ4v) is 3.57. The van der Waals surface area contributed by atoms with Crippen LogP contribution in [0.4, 0.5) is 5.69 Å². The number of anilines is 1. The van der Waals surface area contributed by atoms with Crippen molar-refractivity contribution in [2.75, 3.05) is 31.0 Å². The molecule has 1 aliphatic carbocycles. The largest absolute Gasteiger partial charge is 0.464 e. The van der Waals surface area contributed by atoms with Gasteiger partial charge in [0.25, 0.3) is 5.91 Å². The third kappa shape index (κ3) is 5.88. The quantitative estimate of drug-likeness (QED) is 0.448. The van der Waals surface area contributed by atoms with Crippen molar-refractivity contribution >= 4 is 35.2 Å². The Labute approximate surface area is 182 Å². The van der Waals surface area contributed by atoms with Gasteiger partial charge in [0.2, 0.25) is 12.7 Å². The number of benzene rings is 1. The van der Waals surface area contributed by atoms with Crippen molar-refractivity contribution in [2.45, 2.75) is 17.9 Å². The fourth-order valence-electron chi connectivity index (χ4n) is 2.78. The number of carbonyl (C=O) groups is 3. The number of fused-ring (bicyclic) bond motifs is 1. The van der Waals surface area contributed by atoms with Gasteiger partial charge < -0.3 is 24.8 Å². The van der Waals surface area contributed by atoms with E-state index < -0.39 is 11.9 Å². The van der Waals surface area contributed by atoms with Gasteiger partial charge in [-0.15, -0.1) is 0 Å². The molecule has 4 rings (SSSR count). The lowest BCUT2D eigenvalue weighted by Gasteiger charge is -2.10. The first-order valence-electron chi connectivity index (χ1n) is 9.79. The number of thioether (sulfide) groups is 1. The number of hydrogen-bond acceptors (Lipinski definition) is 8. The summed E-state index contributed by atoms with van der Waals surface area (Å²) in [7, 11) is 0. The van der Waals surface area contributed by atoms with Crippen LogP contribution in [-0.4, -0.2) is 48.5 Å². The molecule has 1 fully saturated rings. The number of nitrogens with one attached hydrogen (secondary N) is 2. The van der Waals surface area contributed by atoms with E-state index in [1.807, 2.05) is 0 Å². The minimum Gasteiger partial charge on any atom is -0.464 e. The molecule has 162 valence electrons. The number of ether oxygens (including phenoxy) is 3. The predicted octanol–water partition coefficient (Wildman–Crippen LogP) is 2.22. The first kappa shape index (κ1) is 21.0. The fraction of sp³-hybridized carbons (Fsp3) is 0.333. The van der Waals surface area contributed by atoms with Gasteiger partial charge in [0.1, 0.15) is 11.6 Å². The maximum atomic E-state index is 12.5. The average Bonchev–Trinajstić information content (AvgIpc) is 3.50. The van der Waals surface area contributed by atoms with Crippen LogP contribution in [0.15, 0.2) is 41.6 Å². The van der Waals surface area contributed by atoms with Crippen molar-refractivity contribution in [3.8, 4) is 11.5 Å². The highest BCUT2D eigenvalue weighted by molar-refractivity contribution is 8.00. The summed E-state index contributed by atoms with van der Waals surface area (Å²) in [5.74, 6) is 0.540. The smallest absolute Gasteiger partial charge is 0.325 e. The van der Waals surface area contributed by atoms with Crippen LogP contribution in [0.5, 0.6) is 11.5 Å². The van der Waals surface area contributed by atoms with Crippen LogP contribution in [0.3, 0.4) is 0 Å². The van der Waals surface area contributed by atoms with Gasteiger partial charge in [-0.05, 0) is 43.0 Å². The van der Waals surface area contributed by atoms with Crippen molar-refractivity contribution in [3.63, 3.8) is 0 Å². The van der Waals surface area contributed by atoms with Crippen LogP contribution in [0, 0.1) is 5.92 Å². The summed E-state index contributed by atoms with van der Waals surface area (Å²) in [4.78, 5) is 40.7. The number of pyridine rings is 1. The number of amides is 2. The molecule has 0 unspecified atom stereocenters. The lowest BCUT2D eigenvalue weighted by Crippen LogP contribution is -2.31. The molecular weight excluding hydrogens is 422 g/mol. The standard InChI is InChI=1S/C21H21N3O6S/c25-18(24-14-5-6-16-17(8-14)30-12-29-16)11-31-21-15(2-1-7-22-21)20(27)23-9-19(26)28-10-13-3-4-13/h1-2,5-8,13H,3-4,9-12H2,(H,23,27)(H,24,25). The summed E-state index contributed by atoms with van der Waals surface area (Å²) in [6.45, 7) is 0.349. The van der Waals surface area contributed by atoms with E-state index in [9.17, 15) is 14.4 Å². The van der Waals surface area contributed by atoms with Gasteiger partial charge in [-0.2, -0.15) is 0 Å². The van der Waals surface area contributed by atoms with Crippen LogP contribution < -0.4 is 20.1 Å². The Kier molecular flexibility index (Phi) is 6.56. The lowest BCUT2D eigenvalue weighted by molar-refractivity contribution is -0.142. The molecule has 10 heteroatoms. The number of aromatic nitrogens is 1. The highest BCUT2D eigenvalue weighted by atomic mass is 32.2. The average molecular weight is 443 g/mol. The molecule has 1 aromatic carbocycles. The topological polar surface area (TPSA) is 116 Å². The van der Waals surface area contributed by atoms with E-state index in [-0.39, 0.29) is 25.0 Å². The monoisotopic (exact) mass is 443 g/mol. The summed E-state index contributed by atoms with van der Waals surface area (Å²) in [5, 5.41) is 5.71. The van der Waals surface area contributed by atoms with Crippen LogP contribution in [0.25, 0.3) is 0 Å². The Balaban J connectivity index is 1.27. The molecule has 2 aromatic rings. The van der Waals surface area contributed by atoms with E-state index in [2.05, 4.69) is 15.6 Å². The van der Waals surface area contributed by atoms with Gasteiger partial charge in [0.05, 0.1) is 17.9 Å². The van der Waals surface area contributed by atoms with E-state index in [0.717, 1.165) is 24.6 Å². The molecule has 2 heterocycles. The Morgan fingerprint density at radius 3 is 2.84 bits per heavy atom. The SMILES string of the molecule is O=C(CSc1ncccc1C(=O)NCC(=O)OCC1CC1)Nc1ccc2c(c1)OCO2. The molecule has 0 bridgehead atoms. The molecule has 0 radical (unpaired) electrons. The second kappa shape index (κ2) is 9.69. The van der Waals surface area contributed by atoms with Crippen molar-refractivity contribution in [1.82, 2.24) is 10.3 Å². The Hall–Kier alpha value is -3.27. The number of nitrogens with zero attached hydrogens (tertiary/aromatic N) is 1. The Bertz CT molecular complexity index is 995. The van der Waals surface area contributed by atoms with E-state index >= 15 is 0 Å². The zero-order valence-electron chi connectivity index (χ0n) is 16.6. The third-order valence-corrected chi connectivity index (χ3v) is 5.59. The molecule has 2 amide bonds. The van der Waals surface area contributed by atoms with Gasteiger partial charge in [-0.1, -0.05) is 11.8 Å². The number of carbonyl (C=O) groups excluding carboxylic acids is 3. The molecule has 2 N–H and O–H groups in total. The highest BCUT2D eigenvalue weighted by Crippen LogP contribution is 2.34. The molecule has 9 nitrogen and oxygen atoms in total. The summed E-state index contributed by atoms with van der Waals surface area (Å²) < 4.78 is 15.6. The maximum absolute atomic E-state index is 12.5. The molecular formula is C21H21N3O6S. The van der Waals surface area contributed by atoms with Crippen LogP contribution in [0.2, 0.25) is 0 Å². The minimum absolute atomic E-state index is 0.0508. The van der Waals surface area contributed by atoms with Gasteiger partial charge in [0.15, 0.2) is 11.5 Å². The number of rotatable bonds is 9. The second-order valence-electron chi connectivity index (χ2n) is 7.07. The van der Waals surface area contributed by atoms with Gasteiger partial charge in [-0.3, -0.25) is 14.4 Å². The number of hydrogen-bond donors (Lipinski definition) is 2. The van der Waals surface area contributed by atoms with E-state index in [0.29, 0.717) is 40.3 Å². The van der Waals surface area contributed by atoms with Crippen molar-refractivity contribution < 1.29 is 28.6 Å². The van der Waals surface area contributed by atoms with Crippen LogP contribution in [0.1, 0.15) is 23.2 Å². The summed E-state index contributed by atoms with van der Waals surface area (Å²) in [5.41, 5.74) is 0.872. The van der Waals surface area contributed by atoms with Crippen LogP contribution in [-0.2, 0) is 14.3 Å². The molecule has 1 aliphatic heterocycles. The Morgan fingerprint density at radius 1 is 1.16 bits per heavy atom. The minimum atomic E-state index is -0.471. The molecule has 1 aromatic heterocycles. The number of esters is 1. The summed E-state index contributed by atoms with van der Waals surface area (Å²) in [6.07, 6.45) is 3.70. The summed E-state index contributed by atoms with van der Waals surface area (Å²) in [6, 6.07) is 8.35. The van der Waals surface area contributed by atoms with Gasteiger partial charge in [0, 0.05) is 18.0 Å². The predicted molar refractivity (Wildman–Crippen MR) is 112 cm³/mol. The normalized spacial score (nSPS) is 14.1. The second-order valence-corrected chi connectivity index (χ2v) is 8.03. The van der Waals surface area contributed by atoms with Crippen molar-refractivity contribution in [2.24, 2.45) is 5.92 Å². The van der Waals surface area contributed by atoms with E-state index in [4.69, 9.17) is 14.2 Å². The molecule has 31 heavy (non-hydrogen) atoms. The molecule has 0 saturated heterocycles. The van der Waals surface area contributed by atoms with E-state index in [1.54, 1.807) is 36.5 Å². The zero-order chi connectivity index (χ0) is 21.6. The Morgan fingerprint density at radius 2 is 2.00 bits per heavy atom. The molecule has 0 spiro atoms. The highest BCUT2D eigenvalue weighted by Gasteiger charge is 2.23. The first-order chi connectivity index (χ1) is 15.1. The lowest BCUT2D eigenvalue weighted by atomic mass is 10.2. The van der Waals surface area contributed by atoms with Gasteiger partial charge in [-0.25, -0.2) is 4.98 Å². The third-order valence-electron chi connectivity index (χ3n) is 4.58.